The highest BCUT2D eigenvalue weighted by Gasteiger charge is 2.33. The number of nitrogens with zero attached hydrogens (tertiary/aromatic N) is 2. The Labute approximate surface area is 154 Å². The Hall–Kier alpha value is -1.93. The molecule has 1 amide bonds. The lowest BCUT2D eigenvalue weighted by molar-refractivity contribution is -0.142. The zero-order chi connectivity index (χ0) is 19.3. The number of hydrogen-bond donors (Lipinski definition) is 1. The number of carbonyl (C=O) groups is 2. The average molecular weight is 382 g/mol. The predicted molar refractivity (Wildman–Crippen MR) is 97.4 cm³/mol. The summed E-state index contributed by atoms with van der Waals surface area (Å²) in [5, 5.41) is 9.15. The number of hydrogen-bond acceptors (Lipinski definition) is 4. The van der Waals surface area contributed by atoms with Gasteiger partial charge in [-0.05, 0) is 50.5 Å². The molecule has 1 N–H and O–H groups in total. The summed E-state index contributed by atoms with van der Waals surface area (Å²) in [5.74, 6) is -1.77. The molecular formula is C18H26N2O5S. The maximum atomic E-state index is 12.8. The highest BCUT2D eigenvalue weighted by atomic mass is 32.2. The number of piperidine rings is 1. The Morgan fingerprint density at radius 3 is 2.42 bits per heavy atom. The summed E-state index contributed by atoms with van der Waals surface area (Å²) in [7, 11) is -3.76. The molecule has 1 aromatic rings. The van der Waals surface area contributed by atoms with E-state index in [0.717, 1.165) is 6.42 Å². The standard InChI is InChI=1S/C18H26N2O5S/c1-3-11-19(4-2)17(21)14-7-9-16(10-8-14)26(24,25)20-12-5-6-15(13-20)18(22)23/h7-10,15H,3-6,11-13H2,1-2H3,(H,22,23)/t15-/m1/s1. The smallest absolute Gasteiger partial charge is 0.307 e. The van der Waals surface area contributed by atoms with Crippen LogP contribution in [0.1, 0.15) is 43.5 Å². The molecule has 1 atom stereocenters. The van der Waals surface area contributed by atoms with Crippen LogP contribution >= 0.6 is 0 Å². The lowest BCUT2D eigenvalue weighted by atomic mass is 10.0. The first-order chi connectivity index (χ1) is 12.3. The summed E-state index contributed by atoms with van der Waals surface area (Å²) >= 11 is 0. The molecular weight excluding hydrogens is 356 g/mol. The number of carboxylic acids is 1. The van der Waals surface area contributed by atoms with Crippen molar-refractivity contribution in [2.45, 2.75) is 38.0 Å². The topological polar surface area (TPSA) is 95.0 Å². The van der Waals surface area contributed by atoms with Crippen molar-refractivity contribution < 1.29 is 23.1 Å². The van der Waals surface area contributed by atoms with E-state index in [9.17, 15) is 18.0 Å². The zero-order valence-corrected chi connectivity index (χ0v) is 16.0. The second-order valence-corrected chi connectivity index (χ2v) is 8.39. The van der Waals surface area contributed by atoms with Gasteiger partial charge in [-0.25, -0.2) is 8.42 Å². The molecule has 1 aliphatic rings. The third-order valence-electron chi connectivity index (χ3n) is 4.63. The first-order valence-electron chi connectivity index (χ1n) is 8.93. The van der Waals surface area contributed by atoms with Crippen LogP contribution in [0.4, 0.5) is 0 Å². The first kappa shape index (κ1) is 20.4. The predicted octanol–water partition coefficient (Wildman–Crippen LogP) is 2.04. The molecule has 0 spiro atoms. The molecule has 1 heterocycles. The lowest BCUT2D eigenvalue weighted by Gasteiger charge is -2.29. The summed E-state index contributed by atoms with van der Waals surface area (Å²) < 4.78 is 26.8. The molecule has 1 saturated heterocycles. The van der Waals surface area contributed by atoms with E-state index in [4.69, 9.17) is 5.11 Å². The Kier molecular flexibility index (Phi) is 6.77. The van der Waals surface area contributed by atoms with E-state index >= 15 is 0 Å². The molecule has 0 unspecified atom stereocenters. The first-order valence-corrected chi connectivity index (χ1v) is 10.4. The number of sulfonamides is 1. The Morgan fingerprint density at radius 1 is 1.23 bits per heavy atom. The molecule has 1 aromatic carbocycles. The van der Waals surface area contributed by atoms with Crippen LogP contribution in [0, 0.1) is 5.92 Å². The van der Waals surface area contributed by atoms with Crippen molar-refractivity contribution in [2.24, 2.45) is 5.92 Å². The van der Waals surface area contributed by atoms with Gasteiger partial charge < -0.3 is 10.0 Å². The third-order valence-corrected chi connectivity index (χ3v) is 6.51. The van der Waals surface area contributed by atoms with Crippen LogP contribution in [-0.2, 0) is 14.8 Å². The molecule has 8 heteroatoms. The molecule has 26 heavy (non-hydrogen) atoms. The van der Waals surface area contributed by atoms with E-state index in [1.54, 1.807) is 4.90 Å². The third kappa shape index (κ3) is 4.42. The number of carbonyl (C=O) groups excluding carboxylic acids is 1. The van der Waals surface area contributed by atoms with Crippen LogP contribution in [0.2, 0.25) is 0 Å². The van der Waals surface area contributed by atoms with Gasteiger partial charge >= 0.3 is 5.97 Å². The number of rotatable bonds is 7. The van der Waals surface area contributed by atoms with Crippen molar-refractivity contribution in [3.63, 3.8) is 0 Å². The van der Waals surface area contributed by atoms with Crippen molar-refractivity contribution in [1.82, 2.24) is 9.21 Å². The SMILES string of the molecule is CCCN(CC)C(=O)c1ccc(S(=O)(=O)N2CCC[C@@H](C(=O)O)C2)cc1. The van der Waals surface area contributed by atoms with Gasteiger partial charge in [0.15, 0.2) is 0 Å². The molecule has 1 aliphatic heterocycles. The minimum Gasteiger partial charge on any atom is -0.481 e. The molecule has 144 valence electrons. The van der Waals surface area contributed by atoms with Crippen LogP contribution < -0.4 is 0 Å². The van der Waals surface area contributed by atoms with Gasteiger partial charge in [-0.15, -0.1) is 0 Å². The number of aliphatic carboxylic acids is 1. The van der Waals surface area contributed by atoms with Gasteiger partial charge in [0.25, 0.3) is 5.91 Å². The maximum Gasteiger partial charge on any atom is 0.307 e. The summed E-state index contributed by atoms with van der Waals surface area (Å²) in [6.45, 7) is 5.44. The van der Waals surface area contributed by atoms with Crippen LogP contribution in [0.3, 0.4) is 0 Å². The van der Waals surface area contributed by atoms with Gasteiger partial charge in [0.05, 0.1) is 10.8 Å². The molecule has 2 rings (SSSR count). The fourth-order valence-electron chi connectivity index (χ4n) is 3.14. The van der Waals surface area contributed by atoms with E-state index < -0.39 is 21.9 Å². The molecule has 0 aromatic heterocycles. The van der Waals surface area contributed by atoms with Crippen LogP contribution in [-0.4, -0.2) is 60.8 Å². The molecule has 0 bridgehead atoms. The van der Waals surface area contributed by atoms with Crippen molar-refractivity contribution in [3.8, 4) is 0 Å². The highest BCUT2D eigenvalue weighted by Crippen LogP contribution is 2.24. The van der Waals surface area contributed by atoms with Crippen LogP contribution in [0.25, 0.3) is 0 Å². The summed E-state index contributed by atoms with van der Waals surface area (Å²) in [4.78, 5) is 25.4. The average Bonchev–Trinajstić information content (AvgIpc) is 2.65. The van der Waals surface area contributed by atoms with E-state index in [-0.39, 0.29) is 17.3 Å². The fraction of sp³-hybridized carbons (Fsp3) is 0.556. The van der Waals surface area contributed by atoms with Gasteiger partial charge in [0.2, 0.25) is 10.0 Å². The summed E-state index contributed by atoms with van der Waals surface area (Å²) in [5.41, 5.74) is 0.446. The second-order valence-electron chi connectivity index (χ2n) is 6.45. The zero-order valence-electron chi connectivity index (χ0n) is 15.2. The lowest BCUT2D eigenvalue weighted by Crippen LogP contribution is -2.42. The van der Waals surface area contributed by atoms with E-state index in [0.29, 0.717) is 38.0 Å². The Morgan fingerprint density at radius 2 is 1.88 bits per heavy atom. The van der Waals surface area contributed by atoms with Crippen molar-refractivity contribution in [3.05, 3.63) is 29.8 Å². The molecule has 0 aliphatic carbocycles. The maximum absolute atomic E-state index is 12.8. The number of benzene rings is 1. The fourth-order valence-corrected chi connectivity index (χ4v) is 4.66. The largest absolute Gasteiger partial charge is 0.481 e. The highest BCUT2D eigenvalue weighted by molar-refractivity contribution is 7.89. The summed E-state index contributed by atoms with van der Waals surface area (Å²) in [6, 6.07) is 5.89. The Bertz CT molecular complexity index is 745. The van der Waals surface area contributed by atoms with E-state index in [1.807, 2.05) is 13.8 Å². The number of carboxylic acid groups (broad SMARTS) is 1. The van der Waals surface area contributed by atoms with E-state index in [1.165, 1.54) is 28.6 Å². The quantitative estimate of drug-likeness (QED) is 0.779. The van der Waals surface area contributed by atoms with Gasteiger partial charge in [-0.1, -0.05) is 6.92 Å². The normalized spacial score (nSPS) is 18.5. The van der Waals surface area contributed by atoms with Gasteiger partial charge in [0, 0.05) is 31.7 Å². The van der Waals surface area contributed by atoms with Crippen molar-refractivity contribution in [2.75, 3.05) is 26.2 Å². The van der Waals surface area contributed by atoms with Gasteiger partial charge in [-0.2, -0.15) is 4.31 Å². The molecule has 7 nitrogen and oxygen atoms in total. The second kappa shape index (κ2) is 8.64. The van der Waals surface area contributed by atoms with E-state index in [2.05, 4.69) is 0 Å². The van der Waals surface area contributed by atoms with Crippen LogP contribution in [0.5, 0.6) is 0 Å². The monoisotopic (exact) mass is 382 g/mol. The molecule has 0 saturated carbocycles. The Balaban J connectivity index is 2.18. The van der Waals surface area contributed by atoms with Crippen molar-refractivity contribution >= 4 is 21.9 Å². The molecule has 0 radical (unpaired) electrons. The van der Waals surface area contributed by atoms with Gasteiger partial charge in [-0.3, -0.25) is 9.59 Å². The summed E-state index contributed by atoms with van der Waals surface area (Å²) in [6.07, 6.45) is 1.86. The van der Waals surface area contributed by atoms with Crippen molar-refractivity contribution in [1.29, 1.82) is 0 Å². The van der Waals surface area contributed by atoms with Crippen LogP contribution in [0.15, 0.2) is 29.2 Å². The number of amides is 1. The minimum absolute atomic E-state index is 0.0154. The minimum atomic E-state index is -3.76. The molecule has 1 fully saturated rings. The van der Waals surface area contributed by atoms with Gasteiger partial charge in [0.1, 0.15) is 0 Å².